The smallest absolute Gasteiger partial charge is 0.0300 e. The van der Waals surface area contributed by atoms with Crippen molar-refractivity contribution in [2.45, 2.75) is 38.6 Å². The van der Waals surface area contributed by atoms with Crippen LogP contribution in [0.4, 0.5) is 0 Å². The van der Waals surface area contributed by atoms with Crippen LogP contribution in [-0.2, 0) is 19.4 Å². The quantitative estimate of drug-likeness (QED) is 0.807. The maximum Gasteiger partial charge on any atom is 0.0300 e. The van der Waals surface area contributed by atoms with Crippen molar-refractivity contribution in [3.8, 4) is 0 Å². The molecule has 0 atom stereocenters. The van der Waals surface area contributed by atoms with Crippen LogP contribution in [0.5, 0.6) is 0 Å². The summed E-state index contributed by atoms with van der Waals surface area (Å²) in [6.45, 7) is 6.07. The fourth-order valence-corrected chi connectivity index (χ4v) is 4.16. The molecular formula is C14H22N2S. The Bertz CT molecular complexity index is 345. The minimum absolute atomic E-state index is 1.07. The number of nitrogens with zero attached hydrogens (tertiary/aromatic N) is 1. The van der Waals surface area contributed by atoms with E-state index in [2.05, 4.69) is 16.3 Å². The molecule has 3 heteroatoms. The van der Waals surface area contributed by atoms with E-state index >= 15 is 0 Å². The Hall–Kier alpha value is -0.380. The SMILES string of the molecule is c1c(CNCCN2CCCC2)sc2c1CCC2. The van der Waals surface area contributed by atoms with E-state index in [0.717, 1.165) is 13.1 Å². The molecule has 0 aromatic carbocycles. The molecule has 1 fully saturated rings. The highest BCUT2D eigenvalue weighted by molar-refractivity contribution is 7.12. The van der Waals surface area contributed by atoms with Crippen molar-refractivity contribution in [2.24, 2.45) is 0 Å². The van der Waals surface area contributed by atoms with Crippen LogP contribution in [0.2, 0.25) is 0 Å². The van der Waals surface area contributed by atoms with E-state index in [1.54, 1.807) is 10.4 Å². The van der Waals surface area contributed by atoms with E-state index in [4.69, 9.17) is 0 Å². The predicted molar refractivity (Wildman–Crippen MR) is 73.7 cm³/mol. The molecule has 0 bridgehead atoms. The average Bonchev–Trinajstić information content (AvgIpc) is 3.00. The minimum atomic E-state index is 1.07. The number of fused-ring (bicyclic) bond motifs is 1. The molecule has 3 rings (SSSR count). The number of aryl methyl sites for hydroxylation is 2. The molecule has 0 saturated carbocycles. The van der Waals surface area contributed by atoms with Crippen molar-refractivity contribution in [3.05, 3.63) is 21.4 Å². The van der Waals surface area contributed by atoms with Crippen molar-refractivity contribution in [1.82, 2.24) is 10.2 Å². The van der Waals surface area contributed by atoms with Crippen molar-refractivity contribution in [3.63, 3.8) is 0 Å². The molecule has 1 saturated heterocycles. The number of rotatable bonds is 5. The number of likely N-dealkylation sites (tertiary alicyclic amines) is 1. The lowest BCUT2D eigenvalue weighted by atomic mass is 10.2. The summed E-state index contributed by atoms with van der Waals surface area (Å²) in [7, 11) is 0. The van der Waals surface area contributed by atoms with Gasteiger partial charge in [0.15, 0.2) is 0 Å². The first-order valence-electron chi connectivity index (χ1n) is 6.95. The van der Waals surface area contributed by atoms with Crippen LogP contribution in [0.15, 0.2) is 6.07 Å². The lowest BCUT2D eigenvalue weighted by Gasteiger charge is -2.14. The molecule has 1 aromatic rings. The zero-order valence-electron chi connectivity index (χ0n) is 10.5. The normalized spacial score (nSPS) is 20.0. The Morgan fingerprint density at radius 1 is 1.18 bits per heavy atom. The molecule has 0 spiro atoms. The minimum Gasteiger partial charge on any atom is -0.311 e. The molecule has 2 nitrogen and oxygen atoms in total. The van der Waals surface area contributed by atoms with E-state index < -0.39 is 0 Å². The highest BCUT2D eigenvalue weighted by atomic mass is 32.1. The first kappa shape index (κ1) is 11.7. The largest absolute Gasteiger partial charge is 0.311 e. The Balaban J connectivity index is 1.38. The summed E-state index contributed by atoms with van der Waals surface area (Å²) >= 11 is 2.03. The zero-order chi connectivity index (χ0) is 11.5. The monoisotopic (exact) mass is 250 g/mol. The molecule has 17 heavy (non-hydrogen) atoms. The van der Waals surface area contributed by atoms with Gasteiger partial charge in [0.2, 0.25) is 0 Å². The summed E-state index contributed by atoms with van der Waals surface area (Å²) in [5.41, 5.74) is 1.63. The first-order chi connectivity index (χ1) is 8.42. The van der Waals surface area contributed by atoms with Crippen LogP contribution in [0.25, 0.3) is 0 Å². The second-order valence-corrected chi connectivity index (χ2v) is 6.46. The summed E-state index contributed by atoms with van der Waals surface area (Å²) in [5.74, 6) is 0. The van der Waals surface area contributed by atoms with Gasteiger partial charge in [0.05, 0.1) is 0 Å². The van der Waals surface area contributed by atoms with Crippen LogP contribution in [-0.4, -0.2) is 31.1 Å². The Morgan fingerprint density at radius 3 is 2.88 bits per heavy atom. The van der Waals surface area contributed by atoms with Gasteiger partial charge < -0.3 is 10.2 Å². The molecule has 1 aliphatic carbocycles. The third-order valence-corrected chi connectivity index (χ3v) is 5.14. The van der Waals surface area contributed by atoms with E-state index in [9.17, 15) is 0 Å². The first-order valence-corrected chi connectivity index (χ1v) is 7.77. The number of hydrogen-bond acceptors (Lipinski definition) is 3. The Morgan fingerprint density at radius 2 is 2.06 bits per heavy atom. The Labute approximate surface area is 108 Å². The van der Waals surface area contributed by atoms with Gasteiger partial charge in [-0.3, -0.25) is 0 Å². The lowest BCUT2D eigenvalue weighted by molar-refractivity contribution is 0.336. The van der Waals surface area contributed by atoms with Crippen LogP contribution in [0, 0.1) is 0 Å². The van der Waals surface area contributed by atoms with Gasteiger partial charge in [0.25, 0.3) is 0 Å². The molecule has 0 unspecified atom stereocenters. The molecule has 1 aromatic heterocycles. The zero-order valence-corrected chi connectivity index (χ0v) is 11.3. The number of nitrogens with one attached hydrogen (secondary N) is 1. The fraction of sp³-hybridized carbons (Fsp3) is 0.714. The molecule has 0 radical (unpaired) electrons. The van der Waals surface area contributed by atoms with Gasteiger partial charge in [-0.25, -0.2) is 0 Å². The highest BCUT2D eigenvalue weighted by Crippen LogP contribution is 2.30. The average molecular weight is 250 g/mol. The fourth-order valence-electron chi connectivity index (χ4n) is 2.93. The van der Waals surface area contributed by atoms with E-state index in [-0.39, 0.29) is 0 Å². The molecular weight excluding hydrogens is 228 g/mol. The summed E-state index contributed by atoms with van der Waals surface area (Å²) in [4.78, 5) is 5.76. The van der Waals surface area contributed by atoms with Crippen LogP contribution < -0.4 is 5.32 Å². The Kier molecular flexibility index (Phi) is 3.79. The number of thiophene rings is 1. The van der Waals surface area contributed by atoms with Crippen molar-refractivity contribution < 1.29 is 0 Å². The molecule has 0 amide bonds. The van der Waals surface area contributed by atoms with Gasteiger partial charge >= 0.3 is 0 Å². The van der Waals surface area contributed by atoms with Gasteiger partial charge in [-0.05, 0) is 56.8 Å². The van der Waals surface area contributed by atoms with Gasteiger partial charge in [-0.2, -0.15) is 0 Å². The predicted octanol–water partition coefficient (Wildman–Crippen LogP) is 2.42. The molecule has 2 heterocycles. The van der Waals surface area contributed by atoms with Gasteiger partial charge in [-0.1, -0.05) is 0 Å². The van der Waals surface area contributed by atoms with Crippen molar-refractivity contribution in [2.75, 3.05) is 26.2 Å². The van der Waals surface area contributed by atoms with Gasteiger partial charge in [-0.15, -0.1) is 11.3 Å². The summed E-state index contributed by atoms with van der Waals surface area (Å²) in [5, 5.41) is 3.59. The number of hydrogen-bond donors (Lipinski definition) is 1. The van der Waals surface area contributed by atoms with Crippen molar-refractivity contribution >= 4 is 11.3 Å². The summed E-state index contributed by atoms with van der Waals surface area (Å²) in [6.07, 6.45) is 6.83. The van der Waals surface area contributed by atoms with E-state index in [0.29, 0.717) is 0 Å². The van der Waals surface area contributed by atoms with Crippen LogP contribution in [0.1, 0.15) is 34.6 Å². The molecule has 1 N–H and O–H groups in total. The summed E-state index contributed by atoms with van der Waals surface area (Å²) < 4.78 is 0. The third kappa shape index (κ3) is 2.90. The standard InChI is InChI=1S/C14H22N2S/c1-2-8-16(7-1)9-6-15-11-13-10-12-4-3-5-14(12)17-13/h10,15H,1-9,11H2. The van der Waals surface area contributed by atoms with Gasteiger partial charge in [0, 0.05) is 29.4 Å². The summed E-state index contributed by atoms with van der Waals surface area (Å²) in [6, 6.07) is 2.43. The maximum absolute atomic E-state index is 3.59. The highest BCUT2D eigenvalue weighted by Gasteiger charge is 2.14. The van der Waals surface area contributed by atoms with Crippen LogP contribution in [0.3, 0.4) is 0 Å². The molecule has 1 aliphatic heterocycles. The second-order valence-electron chi connectivity index (χ2n) is 5.24. The lowest BCUT2D eigenvalue weighted by Crippen LogP contribution is -2.29. The van der Waals surface area contributed by atoms with Crippen molar-refractivity contribution in [1.29, 1.82) is 0 Å². The van der Waals surface area contributed by atoms with Gasteiger partial charge in [0.1, 0.15) is 0 Å². The molecule has 94 valence electrons. The van der Waals surface area contributed by atoms with E-state index in [1.165, 1.54) is 56.6 Å². The van der Waals surface area contributed by atoms with E-state index in [1.807, 2.05) is 11.3 Å². The third-order valence-electron chi connectivity index (χ3n) is 3.90. The molecule has 2 aliphatic rings. The second kappa shape index (κ2) is 5.51. The maximum atomic E-state index is 3.59. The topological polar surface area (TPSA) is 15.3 Å². The van der Waals surface area contributed by atoms with Crippen LogP contribution >= 0.6 is 11.3 Å².